The van der Waals surface area contributed by atoms with E-state index in [1.54, 1.807) is 19.0 Å². The molecule has 2 unspecified atom stereocenters. The summed E-state index contributed by atoms with van der Waals surface area (Å²) in [6.07, 6.45) is -5.57. The van der Waals surface area contributed by atoms with E-state index in [0.717, 1.165) is 0 Å². The Kier molecular flexibility index (Phi) is 3.92. The predicted molar refractivity (Wildman–Crippen MR) is 80.2 cm³/mol. The number of hydrogen-bond donors (Lipinski definition) is 1. The number of aromatic nitrogens is 2. The molecule has 132 valence electrons. The minimum Gasteiger partial charge on any atom is -0.465 e. The summed E-state index contributed by atoms with van der Waals surface area (Å²) >= 11 is 0. The fourth-order valence-corrected chi connectivity index (χ4v) is 3.28. The van der Waals surface area contributed by atoms with Crippen molar-refractivity contribution in [2.45, 2.75) is 6.18 Å². The van der Waals surface area contributed by atoms with E-state index < -0.39 is 18.1 Å². The SMILES string of the molecule is CN(C)c1cc(N2CC3CN(C(=O)O)CC3C2)nc(C(F)(F)F)n1. The molecule has 3 rings (SSSR count). The van der Waals surface area contributed by atoms with Crippen LogP contribution in [0.15, 0.2) is 6.07 Å². The second-order valence-corrected chi connectivity index (χ2v) is 6.41. The standard InChI is InChI=1S/C14H18F3N5O2/c1-20(2)10-3-11(19-12(18-10)14(15,16)17)21-4-8-6-22(13(23)24)7-9(8)5-21/h3,8-9H,4-7H2,1-2H3,(H,23,24). The first-order valence-electron chi connectivity index (χ1n) is 7.51. The molecular weight excluding hydrogens is 327 g/mol. The van der Waals surface area contributed by atoms with Crippen LogP contribution in [0.1, 0.15) is 5.82 Å². The number of fused-ring (bicyclic) bond motifs is 1. The number of anilines is 2. The number of carbonyl (C=O) groups is 1. The number of amides is 1. The van der Waals surface area contributed by atoms with Crippen molar-refractivity contribution in [3.8, 4) is 0 Å². The lowest BCUT2D eigenvalue weighted by Crippen LogP contribution is -2.32. The summed E-state index contributed by atoms with van der Waals surface area (Å²) in [4.78, 5) is 22.9. The summed E-state index contributed by atoms with van der Waals surface area (Å²) in [5.74, 6) is -0.497. The van der Waals surface area contributed by atoms with Gasteiger partial charge in [-0.15, -0.1) is 0 Å². The summed E-state index contributed by atoms with van der Waals surface area (Å²) in [7, 11) is 3.24. The van der Waals surface area contributed by atoms with Gasteiger partial charge in [0, 0.05) is 58.2 Å². The van der Waals surface area contributed by atoms with Crippen molar-refractivity contribution < 1.29 is 23.1 Å². The van der Waals surface area contributed by atoms with Crippen LogP contribution in [-0.2, 0) is 6.18 Å². The van der Waals surface area contributed by atoms with Crippen LogP contribution in [-0.4, -0.2) is 66.3 Å². The van der Waals surface area contributed by atoms with E-state index in [9.17, 15) is 18.0 Å². The zero-order valence-corrected chi connectivity index (χ0v) is 13.3. The number of hydrogen-bond acceptors (Lipinski definition) is 5. The summed E-state index contributed by atoms with van der Waals surface area (Å²) in [6.45, 7) is 1.81. The highest BCUT2D eigenvalue weighted by Gasteiger charge is 2.43. The van der Waals surface area contributed by atoms with Crippen LogP contribution in [0.3, 0.4) is 0 Å². The topological polar surface area (TPSA) is 72.8 Å². The van der Waals surface area contributed by atoms with E-state index in [2.05, 4.69) is 9.97 Å². The molecule has 7 nitrogen and oxygen atoms in total. The number of likely N-dealkylation sites (tertiary alicyclic amines) is 1. The summed E-state index contributed by atoms with van der Waals surface area (Å²) < 4.78 is 39.1. The fraction of sp³-hybridized carbons (Fsp3) is 0.643. The lowest BCUT2D eigenvalue weighted by molar-refractivity contribution is -0.144. The fourth-order valence-electron chi connectivity index (χ4n) is 3.28. The van der Waals surface area contributed by atoms with Crippen molar-refractivity contribution >= 4 is 17.7 Å². The van der Waals surface area contributed by atoms with Gasteiger partial charge in [0.25, 0.3) is 0 Å². The Bertz CT molecular complexity index is 638. The number of halogens is 3. The van der Waals surface area contributed by atoms with Crippen LogP contribution >= 0.6 is 0 Å². The van der Waals surface area contributed by atoms with Crippen LogP contribution in [0.2, 0.25) is 0 Å². The number of carboxylic acid groups (broad SMARTS) is 1. The van der Waals surface area contributed by atoms with Crippen molar-refractivity contribution in [1.82, 2.24) is 14.9 Å². The Hall–Kier alpha value is -2.26. The van der Waals surface area contributed by atoms with E-state index >= 15 is 0 Å². The molecule has 0 bridgehead atoms. The van der Waals surface area contributed by atoms with Gasteiger partial charge in [-0.2, -0.15) is 13.2 Å². The second-order valence-electron chi connectivity index (χ2n) is 6.41. The lowest BCUT2D eigenvalue weighted by Gasteiger charge is -2.23. The van der Waals surface area contributed by atoms with Gasteiger partial charge in [0.15, 0.2) is 0 Å². The molecule has 2 fully saturated rings. The Balaban J connectivity index is 1.84. The van der Waals surface area contributed by atoms with Gasteiger partial charge in [-0.25, -0.2) is 14.8 Å². The van der Waals surface area contributed by atoms with Gasteiger partial charge >= 0.3 is 12.3 Å². The Morgan fingerprint density at radius 1 is 1.21 bits per heavy atom. The minimum atomic E-state index is -4.61. The molecular formula is C14H18F3N5O2. The van der Waals surface area contributed by atoms with E-state index in [0.29, 0.717) is 26.2 Å². The maximum absolute atomic E-state index is 13.0. The number of nitrogens with zero attached hydrogens (tertiary/aromatic N) is 5. The largest absolute Gasteiger partial charge is 0.465 e. The Morgan fingerprint density at radius 3 is 2.25 bits per heavy atom. The second kappa shape index (κ2) is 5.67. The molecule has 0 aliphatic carbocycles. The quantitative estimate of drug-likeness (QED) is 0.878. The molecule has 24 heavy (non-hydrogen) atoms. The zero-order chi connectivity index (χ0) is 17.6. The average Bonchev–Trinajstić information content (AvgIpc) is 3.04. The molecule has 2 atom stereocenters. The predicted octanol–water partition coefficient (Wildman–Crippen LogP) is 1.61. The molecule has 10 heteroatoms. The van der Waals surface area contributed by atoms with E-state index in [-0.39, 0.29) is 23.5 Å². The van der Waals surface area contributed by atoms with Gasteiger partial charge in [-0.1, -0.05) is 0 Å². The molecule has 2 saturated heterocycles. The van der Waals surface area contributed by atoms with Crippen molar-refractivity contribution in [2.24, 2.45) is 11.8 Å². The van der Waals surface area contributed by atoms with Crippen LogP contribution in [0, 0.1) is 11.8 Å². The average molecular weight is 345 g/mol. The third kappa shape index (κ3) is 3.04. The summed E-state index contributed by atoms with van der Waals surface area (Å²) in [5.41, 5.74) is 0. The van der Waals surface area contributed by atoms with E-state index in [1.807, 2.05) is 0 Å². The molecule has 1 aromatic heterocycles. The third-order valence-electron chi connectivity index (χ3n) is 4.49. The normalized spacial score (nSPS) is 23.5. The first-order chi connectivity index (χ1) is 11.1. The molecule has 2 aliphatic rings. The molecule has 3 heterocycles. The lowest BCUT2D eigenvalue weighted by atomic mass is 10.0. The van der Waals surface area contributed by atoms with Crippen LogP contribution in [0.5, 0.6) is 0 Å². The molecule has 2 aliphatic heterocycles. The maximum atomic E-state index is 13.0. The molecule has 0 radical (unpaired) electrons. The molecule has 1 N–H and O–H groups in total. The van der Waals surface area contributed by atoms with Crippen molar-refractivity contribution in [3.63, 3.8) is 0 Å². The van der Waals surface area contributed by atoms with Crippen molar-refractivity contribution in [2.75, 3.05) is 50.1 Å². The van der Waals surface area contributed by atoms with Crippen molar-refractivity contribution in [3.05, 3.63) is 11.9 Å². The third-order valence-corrected chi connectivity index (χ3v) is 4.49. The zero-order valence-electron chi connectivity index (χ0n) is 13.3. The molecule has 1 amide bonds. The van der Waals surface area contributed by atoms with Gasteiger partial charge in [-0.3, -0.25) is 0 Å². The minimum absolute atomic E-state index is 0.119. The van der Waals surface area contributed by atoms with E-state index in [4.69, 9.17) is 5.11 Å². The maximum Gasteiger partial charge on any atom is 0.451 e. The first kappa shape index (κ1) is 16.6. The monoisotopic (exact) mass is 345 g/mol. The van der Waals surface area contributed by atoms with Crippen molar-refractivity contribution in [1.29, 1.82) is 0 Å². The first-order valence-corrected chi connectivity index (χ1v) is 7.51. The van der Waals surface area contributed by atoms with Gasteiger partial charge in [0.05, 0.1) is 0 Å². The number of alkyl halides is 3. The Morgan fingerprint density at radius 2 is 1.79 bits per heavy atom. The van der Waals surface area contributed by atoms with Gasteiger partial charge in [0.2, 0.25) is 5.82 Å². The number of rotatable bonds is 2. The highest BCUT2D eigenvalue weighted by atomic mass is 19.4. The molecule has 1 aromatic rings. The van der Waals surface area contributed by atoms with E-state index in [1.165, 1.54) is 15.9 Å². The highest BCUT2D eigenvalue weighted by molar-refractivity contribution is 5.65. The summed E-state index contributed by atoms with van der Waals surface area (Å²) in [6, 6.07) is 1.53. The van der Waals surface area contributed by atoms with Crippen LogP contribution in [0.25, 0.3) is 0 Å². The summed E-state index contributed by atoms with van der Waals surface area (Å²) in [5, 5.41) is 9.04. The smallest absolute Gasteiger partial charge is 0.451 e. The molecule has 0 aromatic carbocycles. The van der Waals surface area contributed by atoms with Gasteiger partial charge in [-0.05, 0) is 0 Å². The highest BCUT2D eigenvalue weighted by Crippen LogP contribution is 2.35. The molecule has 0 spiro atoms. The van der Waals surface area contributed by atoms with Gasteiger partial charge < -0.3 is 19.8 Å². The Labute approximate surface area is 136 Å². The van der Waals surface area contributed by atoms with Crippen LogP contribution < -0.4 is 9.80 Å². The van der Waals surface area contributed by atoms with Gasteiger partial charge in [0.1, 0.15) is 11.6 Å². The molecule has 0 saturated carbocycles. The van der Waals surface area contributed by atoms with Crippen LogP contribution in [0.4, 0.5) is 29.6 Å².